The lowest BCUT2D eigenvalue weighted by atomic mass is 10.3. The van der Waals surface area contributed by atoms with E-state index in [1.54, 1.807) is 28.2 Å². The van der Waals surface area contributed by atoms with E-state index in [1.807, 2.05) is 0 Å². The summed E-state index contributed by atoms with van der Waals surface area (Å²) in [6.45, 7) is 2.62. The van der Waals surface area contributed by atoms with Crippen molar-refractivity contribution in [3.8, 4) is 0 Å². The van der Waals surface area contributed by atoms with Crippen molar-refractivity contribution >= 4 is 17.0 Å². The molecule has 2 heterocycles. The fourth-order valence-electron chi connectivity index (χ4n) is 2.01. The zero-order chi connectivity index (χ0) is 13.7. The maximum atomic E-state index is 11.6. The molecule has 0 bridgehead atoms. The fourth-order valence-corrected chi connectivity index (χ4v) is 2.67. The normalized spacial score (nSPS) is 11.1. The molecule has 2 N–H and O–H groups in total. The minimum Gasteiger partial charge on any atom is -0.398 e. The van der Waals surface area contributed by atoms with E-state index in [0.29, 0.717) is 12.2 Å². The molecule has 0 radical (unpaired) electrons. The fraction of sp³-hybridized carbons (Fsp3) is 0.357. The molecule has 0 spiro atoms. The third-order valence-corrected chi connectivity index (χ3v) is 3.71. The van der Waals surface area contributed by atoms with Crippen LogP contribution in [0.5, 0.6) is 0 Å². The van der Waals surface area contributed by atoms with Gasteiger partial charge in [0.1, 0.15) is 0 Å². The van der Waals surface area contributed by atoms with Crippen molar-refractivity contribution in [2.45, 2.75) is 19.5 Å². The molecule has 0 amide bonds. The standard InChI is InChI=1S/C14H19N3OS/c1-16(9-12-5-8-19-11-12)6-2-7-17-10-13(15)3-4-14(17)18/h3-5,8,10-11H,2,6-7,9,15H2,1H3. The summed E-state index contributed by atoms with van der Waals surface area (Å²) in [6, 6.07) is 5.30. The molecule has 2 rings (SSSR count). The first-order valence-electron chi connectivity index (χ1n) is 6.31. The minimum atomic E-state index is 0.00897. The Morgan fingerprint density at radius 2 is 2.21 bits per heavy atom. The summed E-state index contributed by atoms with van der Waals surface area (Å²) in [5, 5.41) is 4.26. The Hall–Kier alpha value is -1.59. The van der Waals surface area contributed by atoms with Gasteiger partial charge < -0.3 is 15.2 Å². The predicted octanol–water partition coefficient (Wildman–Crippen LogP) is 2.01. The second-order valence-corrected chi connectivity index (χ2v) is 5.50. The van der Waals surface area contributed by atoms with E-state index in [1.165, 1.54) is 11.6 Å². The lowest BCUT2D eigenvalue weighted by molar-refractivity contribution is 0.314. The van der Waals surface area contributed by atoms with Gasteiger partial charge in [0.15, 0.2) is 0 Å². The highest BCUT2D eigenvalue weighted by Crippen LogP contribution is 2.08. The van der Waals surface area contributed by atoms with E-state index < -0.39 is 0 Å². The average Bonchev–Trinajstić information content (AvgIpc) is 2.86. The maximum absolute atomic E-state index is 11.6. The van der Waals surface area contributed by atoms with Crippen molar-refractivity contribution in [3.63, 3.8) is 0 Å². The van der Waals surface area contributed by atoms with Crippen molar-refractivity contribution < 1.29 is 0 Å². The molecule has 2 aromatic rings. The number of anilines is 1. The molecular formula is C14H19N3OS. The SMILES string of the molecule is CN(CCCn1cc(N)ccc1=O)Cc1ccsc1. The van der Waals surface area contributed by atoms with Crippen molar-refractivity contribution in [1.82, 2.24) is 9.47 Å². The van der Waals surface area contributed by atoms with Gasteiger partial charge in [-0.05, 0) is 48.5 Å². The largest absolute Gasteiger partial charge is 0.398 e. The van der Waals surface area contributed by atoms with E-state index in [0.717, 1.165) is 19.5 Å². The number of nitrogens with two attached hydrogens (primary N) is 1. The monoisotopic (exact) mass is 277 g/mol. The number of nitrogens with zero attached hydrogens (tertiary/aromatic N) is 2. The van der Waals surface area contributed by atoms with Gasteiger partial charge in [0.25, 0.3) is 5.56 Å². The molecule has 0 aliphatic heterocycles. The molecule has 0 unspecified atom stereocenters. The zero-order valence-corrected chi connectivity index (χ0v) is 11.9. The van der Waals surface area contributed by atoms with Crippen LogP contribution in [0.15, 0.2) is 40.0 Å². The van der Waals surface area contributed by atoms with E-state index in [9.17, 15) is 4.79 Å². The number of nitrogen functional groups attached to an aromatic ring is 1. The molecule has 19 heavy (non-hydrogen) atoms. The second-order valence-electron chi connectivity index (χ2n) is 4.72. The van der Waals surface area contributed by atoms with Crippen LogP contribution in [-0.2, 0) is 13.1 Å². The van der Waals surface area contributed by atoms with E-state index in [4.69, 9.17) is 5.73 Å². The number of hydrogen-bond donors (Lipinski definition) is 1. The Kier molecular flexibility index (Phi) is 4.76. The highest BCUT2D eigenvalue weighted by molar-refractivity contribution is 7.07. The summed E-state index contributed by atoms with van der Waals surface area (Å²) < 4.78 is 1.67. The average molecular weight is 277 g/mol. The molecule has 0 atom stereocenters. The smallest absolute Gasteiger partial charge is 0.250 e. The van der Waals surface area contributed by atoms with Crippen LogP contribution in [0.1, 0.15) is 12.0 Å². The van der Waals surface area contributed by atoms with Gasteiger partial charge in [-0.1, -0.05) is 0 Å². The second kappa shape index (κ2) is 6.54. The molecule has 0 aliphatic carbocycles. The van der Waals surface area contributed by atoms with Crippen LogP contribution in [0.25, 0.3) is 0 Å². The van der Waals surface area contributed by atoms with Gasteiger partial charge in [-0.15, -0.1) is 0 Å². The lowest BCUT2D eigenvalue weighted by Crippen LogP contribution is -2.23. The third kappa shape index (κ3) is 4.22. The third-order valence-electron chi connectivity index (χ3n) is 2.98. The molecule has 5 heteroatoms. The molecule has 0 fully saturated rings. The molecule has 0 saturated heterocycles. The Bertz CT molecular complexity index is 562. The summed E-state index contributed by atoms with van der Waals surface area (Å²) >= 11 is 1.72. The minimum absolute atomic E-state index is 0.00897. The van der Waals surface area contributed by atoms with Crippen LogP contribution in [0.2, 0.25) is 0 Å². The summed E-state index contributed by atoms with van der Waals surface area (Å²) in [7, 11) is 2.10. The number of aromatic nitrogens is 1. The van der Waals surface area contributed by atoms with Crippen LogP contribution >= 0.6 is 11.3 Å². The van der Waals surface area contributed by atoms with Crippen LogP contribution in [0, 0.1) is 0 Å². The number of hydrogen-bond acceptors (Lipinski definition) is 4. The van der Waals surface area contributed by atoms with E-state index in [2.05, 4.69) is 28.8 Å². The van der Waals surface area contributed by atoms with Crippen molar-refractivity contribution in [2.75, 3.05) is 19.3 Å². The number of rotatable bonds is 6. The van der Waals surface area contributed by atoms with Gasteiger partial charge in [-0.3, -0.25) is 4.79 Å². The van der Waals surface area contributed by atoms with Gasteiger partial charge in [0.2, 0.25) is 0 Å². The summed E-state index contributed by atoms with van der Waals surface area (Å²) in [5.74, 6) is 0. The van der Waals surface area contributed by atoms with Crippen molar-refractivity contribution in [2.24, 2.45) is 0 Å². The highest BCUT2D eigenvalue weighted by Gasteiger charge is 2.02. The molecule has 0 aromatic carbocycles. The van der Waals surface area contributed by atoms with E-state index in [-0.39, 0.29) is 5.56 Å². The number of thiophene rings is 1. The topological polar surface area (TPSA) is 51.3 Å². The molecule has 102 valence electrons. The molecule has 4 nitrogen and oxygen atoms in total. The van der Waals surface area contributed by atoms with Gasteiger partial charge in [-0.2, -0.15) is 11.3 Å². The number of pyridine rings is 1. The summed E-state index contributed by atoms with van der Waals surface area (Å²) in [6.07, 6.45) is 2.64. The van der Waals surface area contributed by atoms with Crippen LogP contribution in [-0.4, -0.2) is 23.1 Å². The first kappa shape index (κ1) is 13.8. The Labute approximate surface area is 117 Å². The first-order chi connectivity index (χ1) is 9.15. The zero-order valence-electron chi connectivity index (χ0n) is 11.1. The van der Waals surface area contributed by atoms with Crippen LogP contribution in [0.3, 0.4) is 0 Å². The van der Waals surface area contributed by atoms with Crippen LogP contribution < -0.4 is 11.3 Å². The predicted molar refractivity (Wildman–Crippen MR) is 80.4 cm³/mol. The van der Waals surface area contributed by atoms with Gasteiger partial charge in [0, 0.05) is 31.0 Å². The maximum Gasteiger partial charge on any atom is 0.250 e. The van der Waals surface area contributed by atoms with Gasteiger partial charge in [0.05, 0.1) is 0 Å². The Morgan fingerprint density at radius 1 is 1.37 bits per heavy atom. The van der Waals surface area contributed by atoms with E-state index >= 15 is 0 Å². The van der Waals surface area contributed by atoms with Crippen molar-refractivity contribution in [1.29, 1.82) is 0 Å². The molecule has 0 aliphatic rings. The number of aryl methyl sites for hydroxylation is 1. The quantitative estimate of drug-likeness (QED) is 0.879. The van der Waals surface area contributed by atoms with Crippen molar-refractivity contribution in [3.05, 3.63) is 51.1 Å². The Balaban J connectivity index is 1.80. The van der Waals surface area contributed by atoms with Crippen LogP contribution in [0.4, 0.5) is 5.69 Å². The van der Waals surface area contributed by atoms with Gasteiger partial charge in [-0.25, -0.2) is 0 Å². The summed E-state index contributed by atoms with van der Waals surface area (Å²) in [4.78, 5) is 13.9. The highest BCUT2D eigenvalue weighted by atomic mass is 32.1. The van der Waals surface area contributed by atoms with Gasteiger partial charge >= 0.3 is 0 Å². The Morgan fingerprint density at radius 3 is 2.95 bits per heavy atom. The molecular weight excluding hydrogens is 258 g/mol. The first-order valence-corrected chi connectivity index (χ1v) is 7.25. The summed E-state index contributed by atoms with van der Waals surface area (Å²) in [5.41, 5.74) is 7.66. The molecule has 2 aromatic heterocycles. The lowest BCUT2D eigenvalue weighted by Gasteiger charge is -2.16. The molecule has 0 saturated carbocycles.